The van der Waals surface area contributed by atoms with E-state index in [2.05, 4.69) is 15.9 Å². The normalized spacial score (nSPS) is 10.9. The predicted molar refractivity (Wildman–Crippen MR) is 84.1 cm³/mol. The van der Waals surface area contributed by atoms with E-state index in [4.69, 9.17) is 11.6 Å². The zero-order valence-electron chi connectivity index (χ0n) is 10.4. The van der Waals surface area contributed by atoms with Gasteiger partial charge in [-0.3, -0.25) is 9.69 Å². The number of thiophene rings is 1. The van der Waals surface area contributed by atoms with Crippen molar-refractivity contribution in [3.05, 3.63) is 55.6 Å². The third kappa shape index (κ3) is 3.89. The maximum atomic E-state index is 12.1. The van der Waals surface area contributed by atoms with Crippen LogP contribution in [0.5, 0.6) is 0 Å². The fourth-order valence-corrected chi connectivity index (χ4v) is 3.50. The zero-order chi connectivity index (χ0) is 13.8. The second kappa shape index (κ2) is 6.66. The fourth-order valence-electron chi connectivity index (χ4n) is 1.78. The first kappa shape index (κ1) is 14.7. The minimum atomic E-state index is 0.122. The Morgan fingerprint density at radius 3 is 2.74 bits per heavy atom. The van der Waals surface area contributed by atoms with E-state index in [1.807, 2.05) is 47.7 Å². The number of nitrogens with zero attached hydrogens (tertiary/aromatic N) is 1. The number of carbonyl (C=O) groups is 1. The van der Waals surface area contributed by atoms with Crippen molar-refractivity contribution in [1.29, 1.82) is 0 Å². The van der Waals surface area contributed by atoms with Gasteiger partial charge in [0.05, 0.1) is 11.4 Å². The molecule has 0 unspecified atom stereocenters. The quantitative estimate of drug-likeness (QED) is 0.735. The largest absolute Gasteiger partial charge is 0.294 e. The van der Waals surface area contributed by atoms with E-state index in [9.17, 15) is 4.79 Å². The van der Waals surface area contributed by atoms with E-state index in [1.165, 1.54) is 11.3 Å². The molecule has 2 nitrogen and oxygen atoms in total. The van der Waals surface area contributed by atoms with Gasteiger partial charge in [0.15, 0.2) is 5.78 Å². The van der Waals surface area contributed by atoms with Gasteiger partial charge in [-0.25, -0.2) is 0 Å². The number of benzene rings is 1. The molecule has 0 bridgehead atoms. The molecule has 0 aliphatic heterocycles. The van der Waals surface area contributed by atoms with Gasteiger partial charge in [-0.05, 0) is 46.1 Å². The number of hydrogen-bond donors (Lipinski definition) is 0. The Labute approximate surface area is 130 Å². The summed E-state index contributed by atoms with van der Waals surface area (Å²) < 4.78 is 0.869. The third-order valence-corrected chi connectivity index (χ3v) is 4.93. The van der Waals surface area contributed by atoms with Crippen LogP contribution in [0.25, 0.3) is 0 Å². The van der Waals surface area contributed by atoms with Crippen LogP contribution in [0.3, 0.4) is 0 Å². The molecule has 0 fully saturated rings. The molecule has 2 rings (SSSR count). The molecular formula is C14H13BrClNOS. The van der Waals surface area contributed by atoms with Gasteiger partial charge in [0.25, 0.3) is 0 Å². The Morgan fingerprint density at radius 1 is 1.37 bits per heavy atom. The van der Waals surface area contributed by atoms with Crippen molar-refractivity contribution < 1.29 is 4.79 Å². The average molecular weight is 359 g/mol. The third-order valence-electron chi connectivity index (χ3n) is 2.68. The van der Waals surface area contributed by atoms with Crippen LogP contribution in [0.2, 0.25) is 5.02 Å². The molecule has 1 aromatic heterocycles. The number of likely N-dealkylation sites (N-methyl/N-ethyl adjacent to an activating group) is 1. The van der Waals surface area contributed by atoms with Gasteiger partial charge >= 0.3 is 0 Å². The minimum absolute atomic E-state index is 0.122. The van der Waals surface area contributed by atoms with Crippen LogP contribution in [0.1, 0.15) is 15.2 Å². The first-order valence-electron chi connectivity index (χ1n) is 5.76. The summed E-state index contributed by atoms with van der Waals surface area (Å²) in [6.07, 6.45) is 0. The van der Waals surface area contributed by atoms with Crippen LogP contribution in [0, 0.1) is 0 Å². The van der Waals surface area contributed by atoms with Gasteiger partial charge in [0, 0.05) is 16.0 Å². The van der Waals surface area contributed by atoms with Crippen LogP contribution < -0.4 is 0 Å². The molecule has 1 aromatic carbocycles. The fraction of sp³-hybridized carbons (Fsp3) is 0.214. The molecule has 0 aliphatic carbocycles. The minimum Gasteiger partial charge on any atom is -0.294 e. The van der Waals surface area contributed by atoms with Crippen LogP contribution in [-0.4, -0.2) is 24.3 Å². The van der Waals surface area contributed by atoms with Crippen LogP contribution in [0.4, 0.5) is 0 Å². The summed E-state index contributed by atoms with van der Waals surface area (Å²) in [5.41, 5.74) is 1.03. The van der Waals surface area contributed by atoms with E-state index in [1.54, 1.807) is 0 Å². The van der Waals surface area contributed by atoms with E-state index >= 15 is 0 Å². The molecular weight excluding hydrogens is 346 g/mol. The summed E-state index contributed by atoms with van der Waals surface area (Å²) in [6.45, 7) is 1.04. The number of hydrogen-bond acceptors (Lipinski definition) is 3. The Bertz CT molecular complexity index is 584. The van der Waals surface area contributed by atoms with Crippen molar-refractivity contribution in [2.45, 2.75) is 6.54 Å². The standard InChI is InChI=1S/C14H13BrClNOS/c1-17(8-10-4-2-3-5-12(10)16)9-13(18)14-11(15)6-7-19-14/h2-7H,8-9H2,1H3. The van der Waals surface area contributed by atoms with Crippen LogP contribution >= 0.6 is 38.9 Å². The van der Waals surface area contributed by atoms with Crippen molar-refractivity contribution in [2.24, 2.45) is 0 Å². The van der Waals surface area contributed by atoms with Crippen molar-refractivity contribution in [3.8, 4) is 0 Å². The highest BCUT2D eigenvalue weighted by atomic mass is 79.9. The van der Waals surface area contributed by atoms with Gasteiger partial charge in [0.1, 0.15) is 0 Å². The van der Waals surface area contributed by atoms with Gasteiger partial charge in [-0.1, -0.05) is 29.8 Å². The molecule has 0 radical (unpaired) electrons. The number of rotatable bonds is 5. The highest BCUT2D eigenvalue weighted by Crippen LogP contribution is 2.23. The van der Waals surface area contributed by atoms with Gasteiger partial charge in [0.2, 0.25) is 0 Å². The van der Waals surface area contributed by atoms with Crippen molar-refractivity contribution in [3.63, 3.8) is 0 Å². The lowest BCUT2D eigenvalue weighted by Crippen LogP contribution is -2.25. The smallest absolute Gasteiger partial charge is 0.187 e. The summed E-state index contributed by atoms with van der Waals surface area (Å²) >= 11 is 11.0. The molecule has 0 saturated carbocycles. The SMILES string of the molecule is CN(CC(=O)c1sccc1Br)Cc1ccccc1Cl. The van der Waals surface area contributed by atoms with E-state index < -0.39 is 0 Å². The molecule has 100 valence electrons. The summed E-state index contributed by atoms with van der Waals surface area (Å²) in [4.78, 5) is 14.9. The van der Waals surface area contributed by atoms with Crippen LogP contribution in [-0.2, 0) is 6.54 Å². The molecule has 0 saturated heterocycles. The Balaban J connectivity index is 1.99. The lowest BCUT2D eigenvalue weighted by molar-refractivity contribution is 0.0946. The molecule has 2 aromatic rings. The predicted octanol–water partition coefficient (Wildman–Crippen LogP) is 4.48. The summed E-state index contributed by atoms with van der Waals surface area (Å²) in [6, 6.07) is 9.59. The Morgan fingerprint density at radius 2 is 2.11 bits per heavy atom. The molecule has 0 spiro atoms. The molecule has 0 N–H and O–H groups in total. The summed E-state index contributed by atoms with van der Waals surface area (Å²) in [5.74, 6) is 0.122. The maximum Gasteiger partial charge on any atom is 0.187 e. The first-order chi connectivity index (χ1) is 9.08. The molecule has 0 amide bonds. The molecule has 19 heavy (non-hydrogen) atoms. The van der Waals surface area contributed by atoms with E-state index in [0.29, 0.717) is 13.1 Å². The lowest BCUT2D eigenvalue weighted by Gasteiger charge is -2.16. The second-order valence-corrected chi connectivity index (χ2v) is 6.46. The van der Waals surface area contributed by atoms with Crippen molar-refractivity contribution >= 4 is 44.7 Å². The van der Waals surface area contributed by atoms with Crippen molar-refractivity contribution in [1.82, 2.24) is 4.90 Å². The van der Waals surface area contributed by atoms with Crippen molar-refractivity contribution in [2.75, 3.05) is 13.6 Å². The molecule has 5 heteroatoms. The van der Waals surface area contributed by atoms with Gasteiger partial charge in [-0.15, -0.1) is 11.3 Å². The first-order valence-corrected chi connectivity index (χ1v) is 7.81. The second-order valence-electron chi connectivity index (χ2n) is 4.28. The summed E-state index contributed by atoms with van der Waals surface area (Å²) in [5, 5.41) is 2.64. The highest BCUT2D eigenvalue weighted by molar-refractivity contribution is 9.10. The lowest BCUT2D eigenvalue weighted by atomic mass is 10.2. The molecule has 0 atom stereocenters. The molecule has 0 aliphatic rings. The number of Topliss-reactive ketones (excluding diaryl/α,β-unsaturated/α-hetero) is 1. The molecule has 1 heterocycles. The average Bonchev–Trinajstić information content (AvgIpc) is 2.78. The Hall–Kier alpha value is -0.680. The maximum absolute atomic E-state index is 12.1. The Kier molecular flexibility index (Phi) is 5.16. The number of ketones is 1. The van der Waals surface area contributed by atoms with E-state index in [0.717, 1.165) is 19.9 Å². The van der Waals surface area contributed by atoms with E-state index in [-0.39, 0.29) is 5.78 Å². The monoisotopic (exact) mass is 357 g/mol. The van der Waals surface area contributed by atoms with Gasteiger partial charge < -0.3 is 0 Å². The highest BCUT2D eigenvalue weighted by Gasteiger charge is 2.14. The summed E-state index contributed by atoms with van der Waals surface area (Å²) in [7, 11) is 1.92. The van der Waals surface area contributed by atoms with Gasteiger partial charge in [-0.2, -0.15) is 0 Å². The number of halogens is 2. The zero-order valence-corrected chi connectivity index (χ0v) is 13.6. The number of carbonyl (C=O) groups excluding carboxylic acids is 1. The topological polar surface area (TPSA) is 20.3 Å². The van der Waals surface area contributed by atoms with Crippen LogP contribution in [0.15, 0.2) is 40.2 Å².